The lowest BCUT2D eigenvalue weighted by atomic mass is 9.82. The Balaban J connectivity index is 1.72. The Kier molecular flexibility index (Phi) is 3.63. The number of aromatic nitrogens is 1. The molecule has 0 saturated heterocycles. The van der Waals surface area contributed by atoms with Gasteiger partial charge in [0.1, 0.15) is 0 Å². The maximum Gasteiger partial charge on any atom is 0.310 e. The Hall–Kier alpha value is -1.95. The molecule has 3 rings (SSSR count). The van der Waals surface area contributed by atoms with Crippen LogP contribution in [-0.4, -0.2) is 22.0 Å². The first-order valence-corrected chi connectivity index (χ1v) is 7.80. The quantitative estimate of drug-likeness (QED) is 0.908. The summed E-state index contributed by atoms with van der Waals surface area (Å²) in [6.07, 6.45) is 2.94. The fourth-order valence-corrected chi connectivity index (χ4v) is 3.80. The van der Waals surface area contributed by atoms with Gasteiger partial charge in [0.25, 0.3) is 0 Å². The number of carbonyl (C=O) groups excluding carboxylic acids is 1. The number of rotatable bonds is 4. The topological polar surface area (TPSA) is 79.3 Å². The number of nitrogens with zero attached hydrogens (tertiary/aromatic N) is 1. The molecule has 0 spiro atoms. The van der Waals surface area contributed by atoms with Crippen molar-refractivity contribution in [2.75, 3.05) is 5.32 Å². The van der Waals surface area contributed by atoms with Crippen LogP contribution in [0.1, 0.15) is 32.1 Å². The zero-order chi connectivity index (χ0) is 14.9. The number of nitrogens with one attached hydrogen (secondary N) is 1. The third-order valence-electron chi connectivity index (χ3n) is 4.05. The van der Waals surface area contributed by atoms with Crippen LogP contribution in [0.3, 0.4) is 0 Å². The fourth-order valence-electron chi connectivity index (χ4n) is 2.91. The van der Waals surface area contributed by atoms with Crippen LogP contribution in [0.4, 0.5) is 5.13 Å². The predicted octanol–water partition coefficient (Wildman–Crippen LogP) is 3.27. The van der Waals surface area contributed by atoms with E-state index in [1.807, 2.05) is 24.3 Å². The van der Waals surface area contributed by atoms with E-state index >= 15 is 0 Å². The van der Waals surface area contributed by atoms with Crippen LogP contribution >= 0.6 is 11.3 Å². The van der Waals surface area contributed by atoms with Crippen LogP contribution < -0.4 is 5.32 Å². The average molecular weight is 304 g/mol. The fraction of sp³-hybridized carbons (Fsp3) is 0.400. The van der Waals surface area contributed by atoms with Crippen LogP contribution in [0.5, 0.6) is 0 Å². The molecule has 1 fully saturated rings. The highest BCUT2D eigenvalue weighted by Crippen LogP contribution is 2.41. The summed E-state index contributed by atoms with van der Waals surface area (Å²) < 4.78 is 1.00. The molecule has 6 heteroatoms. The number of amides is 1. The van der Waals surface area contributed by atoms with Crippen LogP contribution in [0.25, 0.3) is 10.2 Å². The summed E-state index contributed by atoms with van der Waals surface area (Å²) in [7, 11) is 0. The number of benzene rings is 1. The van der Waals surface area contributed by atoms with Crippen molar-refractivity contribution in [2.45, 2.75) is 32.1 Å². The molecule has 1 saturated carbocycles. The van der Waals surface area contributed by atoms with Gasteiger partial charge >= 0.3 is 5.97 Å². The molecule has 2 N–H and O–H groups in total. The Bertz CT molecular complexity index is 656. The zero-order valence-electron chi connectivity index (χ0n) is 11.5. The summed E-state index contributed by atoms with van der Waals surface area (Å²) in [5.41, 5.74) is -0.0487. The molecule has 1 amide bonds. The van der Waals surface area contributed by atoms with Crippen molar-refractivity contribution in [1.82, 2.24) is 4.98 Å². The highest BCUT2D eigenvalue weighted by atomic mass is 32.1. The number of aliphatic carboxylic acids is 1. The van der Waals surface area contributed by atoms with Gasteiger partial charge in [-0.05, 0) is 25.0 Å². The minimum absolute atomic E-state index is 0.0261. The number of hydrogen-bond acceptors (Lipinski definition) is 4. The van der Waals surface area contributed by atoms with Gasteiger partial charge in [-0.25, -0.2) is 4.98 Å². The first-order chi connectivity index (χ1) is 10.1. The Morgan fingerprint density at radius 1 is 1.29 bits per heavy atom. The number of anilines is 1. The smallest absolute Gasteiger partial charge is 0.310 e. The summed E-state index contributed by atoms with van der Waals surface area (Å²) >= 11 is 1.40. The molecule has 0 unspecified atom stereocenters. The SMILES string of the molecule is O=C(CC1(C(=O)O)CCCC1)Nc1nc2ccccc2s1. The number of thiazole rings is 1. The second kappa shape index (κ2) is 5.44. The number of hydrogen-bond donors (Lipinski definition) is 2. The minimum Gasteiger partial charge on any atom is -0.481 e. The third kappa shape index (κ3) is 2.76. The molecule has 1 heterocycles. The van der Waals surface area contributed by atoms with Crippen molar-refractivity contribution >= 4 is 38.6 Å². The van der Waals surface area contributed by atoms with Crippen molar-refractivity contribution in [3.8, 4) is 0 Å². The summed E-state index contributed by atoms with van der Waals surface area (Å²) in [6.45, 7) is 0. The molecule has 2 aromatic rings. The molecule has 5 nitrogen and oxygen atoms in total. The molecule has 21 heavy (non-hydrogen) atoms. The van der Waals surface area contributed by atoms with E-state index in [0.717, 1.165) is 23.1 Å². The van der Waals surface area contributed by atoms with Crippen LogP contribution in [0.2, 0.25) is 0 Å². The third-order valence-corrected chi connectivity index (χ3v) is 5.01. The Morgan fingerprint density at radius 3 is 2.67 bits per heavy atom. The van der Waals surface area contributed by atoms with Gasteiger partial charge in [0.05, 0.1) is 15.6 Å². The standard InChI is InChI=1S/C15H16N2O3S/c18-12(9-15(13(19)20)7-3-4-8-15)17-14-16-10-5-1-2-6-11(10)21-14/h1-2,5-6H,3-4,7-9H2,(H,19,20)(H,16,17,18). The van der Waals surface area contributed by atoms with Crippen LogP contribution in [0.15, 0.2) is 24.3 Å². The van der Waals surface area contributed by atoms with E-state index in [1.54, 1.807) is 0 Å². The van der Waals surface area contributed by atoms with E-state index in [9.17, 15) is 14.7 Å². The highest BCUT2D eigenvalue weighted by Gasteiger charge is 2.43. The van der Waals surface area contributed by atoms with Crippen molar-refractivity contribution in [3.05, 3.63) is 24.3 Å². The molecule has 0 bridgehead atoms. The summed E-state index contributed by atoms with van der Waals surface area (Å²) in [5.74, 6) is -1.13. The van der Waals surface area contributed by atoms with Crippen molar-refractivity contribution < 1.29 is 14.7 Å². The average Bonchev–Trinajstić information content (AvgIpc) is 3.05. The number of carboxylic acid groups (broad SMARTS) is 1. The number of carbonyl (C=O) groups is 2. The number of carboxylic acids is 1. The number of fused-ring (bicyclic) bond motifs is 1. The molecular formula is C15H16N2O3S. The van der Waals surface area contributed by atoms with Crippen LogP contribution in [-0.2, 0) is 9.59 Å². The van der Waals surface area contributed by atoms with E-state index in [4.69, 9.17) is 0 Å². The van der Waals surface area contributed by atoms with Gasteiger partial charge in [-0.15, -0.1) is 0 Å². The highest BCUT2D eigenvalue weighted by molar-refractivity contribution is 7.22. The van der Waals surface area contributed by atoms with Gasteiger partial charge < -0.3 is 10.4 Å². The zero-order valence-corrected chi connectivity index (χ0v) is 12.3. The van der Waals surface area contributed by atoms with E-state index in [1.165, 1.54) is 11.3 Å². The maximum absolute atomic E-state index is 12.1. The molecule has 1 aliphatic rings. The molecular weight excluding hydrogens is 288 g/mol. The van der Waals surface area contributed by atoms with Crippen molar-refractivity contribution in [3.63, 3.8) is 0 Å². The van der Waals surface area contributed by atoms with Gasteiger partial charge in [0.15, 0.2) is 5.13 Å². The maximum atomic E-state index is 12.1. The van der Waals surface area contributed by atoms with E-state index in [2.05, 4.69) is 10.3 Å². The summed E-state index contributed by atoms with van der Waals surface area (Å²) in [5, 5.41) is 12.7. The van der Waals surface area contributed by atoms with Crippen LogP contribution in [0, 0.1) is 5.41 Å². The lowest BCUT2D eigenvalue weighted by Gasteiger charge is -2.22. The predicted molar refractivity (Wildman–Crippen MR) is 81.4 cm³/mol. The molecule has 0 aliphatic heterocycles. The van der Waals surface area contributed by atoms with Gasteiger partial charge in [-0.2, -0.15) is 0 Å². The molecule has 0 radical (unpaired) electrons. The van der Waals surface area contributed by atoms with E-state index < -0.39 is 11.4 Å². The first kappa shape index (κ1) is 14.0. The van der Waals surface area contributed by atoms with Gasteiger partial charge in [-0.3, -0.25) is 9.59 Å². The molecule has 0 atom stereocenters. The Morgan fingerprint density at radius 2 is 2.00 bits per heavy atom. The normalized spacial score (nSPS) is 17.0. The monoisotopic (exact) mass is 304 g/mol. The minimum atomic E-state index is -0.888. The molecule has 1 aromatic heterocycles. The lowest BCUT2D eigenvalue weighted by molar-refractivity contribution is -0.150. The summed E-state index contributed by atoms with van der Waals surface area (Å²) in [6, 6.07) is 7.64. The molecule has 1 aromatic carbocycles. The van der Waals surface area contributed by atoms with Gasteiger partial charge in [-0.1, -0.05) is 36.3 Å². The molecule has 1 aliphatic carbocycles. The largest absolute Gasteiger partial charge is 0.481 e. The van der Waals surface area contributed by atoms with E-state index in [0.29, 0.717) is 18.0 Å². The van der Waals surface area contributed by atoms with Crippen molar-refractivity contribution in [2.24, 2.45) is 5.41 Å². The second-order valence-electron chi connectivity index (χ2n) is 5.50. The summed E-state index contributed by atoms with van der Waals surface area (Å²) in [4.78, 5) is 27.9. The first-order valence-electron chi connectivity index (χ1n) is 6.98. The second-order valence-corrected chi connectivity index (χ2v) is 6.53. The van der Waals surface area contributed by atoms with Gasteiger partial charge in [0.2, 0.25) is 5.91 Å². The Labute approximate surface area is 126 Å². The van der Waals surface area contributed by atoms with E-state index in [-0.39, 0.29) is 12.3 Å². The number of para-hydroxylation sites is 1. The van der Waals surface area contributed by atoms with Crippen molar-refractivity contribution in [1.29, 1.82) is 0 Å². The lowest BCUT2D eigenvalue weighted by Crippen LogP contribution is -2.32. The molecule has 110 valence electrons. The van der Waals surface area contributed by atoms with Gasteiger partial charge in [0, 0.05) is 6.42 Å².